The van der Waals surface area contributed by atoms with Gasteiger partial charge in [-0.15, -0.1) is 0 Å². The van der Waals surface area contributed by atoms with Crippen LogP contribution in [0.15, 0.2) is 54.2 Å². The summed E-state index contributed by atoms with van der Waals surface area (Å²) in [5.74, 6) is 1.60. The third-order valence-electron chi connectivity index (χ3n) is 3.64. The summed E-state index contributed by atoms with van der Waals surface area (Å²) in [6.07, 6.45) is 6.31. The van der Waals surface area contributed by atoms with Crippen molar-refractivity contribution in [3.63, 3.8) is 0 Å². The van der Waals surface area contributed by atoms with Crippen molar-refractivity contribution in [3.05, 3.63) is 59.8 Å². The van der Waals surface area contributed by atoms with Gasteiger partial charge in [-0.05, 0) is 23.8 Å². The topological polar surface area (TPSA) is 103 Å². The van der Waals surface area contributed by atoms with E-state index < -0.39 is 0 Å². The molecular formula is C17H13ClN8O. The van der Waals surface area contributed by atoms with Gasteiger partial charge in [-0.2, -0.15) is 19.9 Å². The summed E-state index contributed by atoms with van der Waals surface area (Å²) in [5.41, 5.74) is 4.30. The summed E-state index contributed by atoms with van der Waals surface area (Å²) in [7, 11) is 1.56. The first-order chi connectivity index (χ1) is 13.2. The number of methoxy groups -OCH3 is 1. The van der Waals surface area contributed by atoms with Crippen molar-refractivity contribution in [1.29, 1.82) is 0 Å². The van der Waals surface area contributed by atoms with Crippen molar-refractivity contribution < 1.29 is 4.74 Å². The van der Waals surface area contributed by atoms with Crippen LogP contribution in [0.4, 0.5) is 5.82 Å². The van der Waals surface area contributed by atoms with Crippen LogP contribution in [0.3, 0.4) is 0 Å². The lowest BCUT2D eigenvalue weighted by Crippen LogP contribution is -2.02. The van der Waals surface area contributed by atoms with Crippen LogP contribution in [0.25, 0.3) is 16.9 Å². The number of aromatic nitrogens is 6. The predicted molar refractivity (Wildman–Crippen MR) is 101 cm³/mol. The zero-order valence-electron chi connectivity index (χ0n) is 14.1. The second-order valence-electron chi connectivity index (χ2n) is 5.34. The number of nitrogens with zero attached hydrogens (tertiary/aromatic N) is 7. The molecule has 0 aromatic carbocycles. The molecule has 4 rings (SSSR count). The minimum atomic E-state index is 0.399. The maximum Gasteiger partial charge on any atom is 0.214 e. The summed E-state index contributed by atoms with van der Waals surface area (Å²) in [5, 5.41) is 9.65. The first-order valence-electron chi connectivity index (χ1n) is 7.85. The highest BCUT2D eigenvalue weighted by molar-refractivity contribution is 6.29. The molecule has 0 aliphatic carbocycles. The Balaban J connectivity index is 1.64. The van der Waals surface area contributed by atoms with E-state index in [2.05, 4.69) is 35.6 Å². The number of hydrazone groups is 1. The van der Waals surface area contributed by atoms with Gasteiger partial charge in [0, 0.05) is 12.3 Å². The van der Waals surface area contributed by atoms with Gasteiger partial charge in [0.25, 0.3) is 0 Å². The van der Waals surface area contributed by atoms with Crippen LogP contribution in [-0.2, 0) is 0 Å². The molecule has 1 N–H and O–H groups in total. The van der Waals surface area contributed by atoms with Crippen LogP contribution in [0, 0.1) is 0 Å². The first-order valence-corrected chi connectivity index (χ1v) is 8.23. The quantitative estimate of drug-likeness (QED) is 0.322. The van der Waals surface area contributed by atoms with Crippen molar-refractivity contribution in [2.75, 3.05) is 12.5 Å². The van der Waals surface area contributed by atoms with Gasteiger partial charge < -0.3 is 4.74 Å². The second-order valence-corrected chi connectivity index (χ2v) is 5.72. The second kappa shape index (κ2) is 7.34. The molecule has 10 heteroatoms. The SMILES string of the molecule is COc1cccc(-n2ncc3c(N/N=C/c4ccnc(Cl)c4)ncnc32)n1. The summed E-state index contributed by atoms with van der Waals surface area (Å²) >= 11 is 5.86. The molecule has 0 amide bonds. The minimum absolute atomic E-state index is 0.399. The molecule has 0 saturated carbocycles. The standard InChI is InChI=1S/C17H13ClN8O/c1-27-15-4-2-3-14(24-15)26-17-12(9-23-26)16(20-10-21-17)25-22-8-11-5-6-19-13(18)7-11/h2-10H,1H3,(H,20,21,25)/b22-8+. The van der Waals surface area contributed by atoms with E-state index in [4.69, 9.17) is 16.3 Å². The Morgan fingerprint density at radius 1 is 1.22 bits per heavy atom. The molecule has 0 spiro atoms. The first kappa shape index (κ1) is 16.9. The van der Waals surface area contributed by atoms with Crippen molar-refractivity contribution >= 4 is 34.7 Å². The monoisotopic (exact) mass is 380 g/mol. The number of pyridine rings is 2. The van der Waals surface area contributed by atoms with E-state index >= 15 is 0 Å². The molecule has 4 aromatic heterocycles. The minimum Gasteiger partial charge on any atom is -0.481 e. The number of nitrogens with one attached hydrogen (secondary N) is 1. The van der Waals surface area contributed by atoms with Gasteiger partial charge >= 0.3 is 0 Å². The fraction of sp³-hybridized carbons (Fsp3) is 0.0588. The largest absolute Gasteiger partial charge is 0.481 e. The van der Waals surface area contributed by atoms with Gasteiger partial charge in [0.15, 0.2) is 17.3 Å². The van der Waals surface area contributed by atoms with Gasteiger partial charge in [-0.3, -0.25) is 5.43 Å². The van der Waals surface area contributed by atoms with Gasteiger partial charge in [0.2, 0.25) is 5.88 Å². The number of ether oxygens (including phenoxy) is 1. The van der Waals surface area contributed by atoms with E-state index in [9.17, 15) is 0 Å². The Kier molecular flexibility index (Phi) is 4.58. The normalized spacial score (nSPS) is 11.2. The highest BCUT2D eigenvalue weighted by Gasteiger charge is 2.12. The molecule has 0 saturated heterocycles. The van der Waals surface area contributed by atoms with E-state index in [1.807, 2.05) is 12.1 Å². The van der Waals surface area contributed by atoms with E-state index in [1.54, 1.807) is 48.6 Å². The fourth-order valence-electron chi connectivity index (χ4n) is 2.40. The van der Waals surface area contributed by atoms with Crippen LogP contribution in [0.5, 0.6) is 5.88 Å². The molecule has 0 unspecified atom stereocenters. The Hall–Kier alpha value is -3.59. The molecule has 0 aliphatic rings. The Labute approximate surface area is 158 Å². The molecule has 0 atom stereocenters. The number of fused-ring (bicyclic) bond motifs is 1. The van der Waals surface area contributed by atoms with Gasteiger partial charge in [0.05, 0.1) is 24.9 Å². The smallest absolute Gasteiger partial charge is 0.214 e. The molecule has 0 aliphatic heterocycles. The highest BCUT2D eigenvalue weighted by Crippen LogP contribution is 2.21. The van der Waals surface area contributed by atoms with E-state index in [1.165, 1.54) is 6.33 Å². The highest BCUT2D eigenvalue weighted by atomic mass is 35.5. The molecule has 9 nitrogen and oxygen atoms in total. The van der Waals surface area contributed by atoms with E-state index in [-0.39, 0.29) is 0 Å². The van der Waals surface area contributed by atoms with Crippen molar-refractivity contribution in [2.45, 2.75) is 0 Å². The molecule has 4 heterocycles. The average Bonchev–Trinajstić information content (AvgIpc) is 3.13. The Morgan fingerprint density at radius 2 is 2.15 bits per heavy atom. The lowest BCUT2D eigenvalue weighted by molar-refractivity contribution is 0.397. The molecule has 0 radical (unpaired) electrons. The van der Waals surface area contributed by atoms with Crippen LogP contribution in [0.2, 0.25) is 5.15 Å². The van der Waals surface area contributed by atoms with Crippen LogP contribution in [-0.4, -0.2) is 43.0 Å². The Morgan fingerprint density at radius 3 is 3.00 bits per heavy atom. The lowest BCUT2D eigenvalue weighted by Gasteiger charge is -2.05. The molecule has 27 heavy (non-hydrogen) atoms. The zero-order valence-corrected chi connectivity index (χ0v) is 14.9. The van der Waals surface area contributed by atoms with Crippen molar-refractivity contribution in [2.24, 2.45) is 5.10 Å². The number of rotatable bonds is 5. The van der Waals surface area contributed by atoms with Crippen molar-refractivity contribution in [3.8, 4) is 11.7 Å². The van der Waals surface area contributed by atoms with Crippen molar-refractivity contribution in [1.82, 2.24) is 29.7 Å². The van der Waals surface area contributed by atoms with Crippen LogP contribution < -0.4 is 10.2 Å². The van der Waals surface area contributed by atoms with Gasteiger partial charge in [-0.25, -0.2) is 15.0 Å². The molecule has 4 aromatic rings. The summed E-state index contributed by atoms with van der Waals surface area (Å²) in [6, 6.07) is 8.90. The molecular weight excluding hydrogens is 368 g/mol. The van der Waals surface area contributed by atoms with Crippen LogP contribution >= 0.6 is 11.6 Å². The maximum atomic E-state index is 5.86. The fourth-order valence-corrected chi connectivity index (χ4v) is 2.58. The Bertz CT molecular complexity index is 1130. The number of hydrogen-bond acceptors (Lipinski definition) is 8. The summed E-state index contributed by atoms with van der Waals surface area (Å²) in [6.45, 7) is 0. The third kappa shape index (κ3) is 3.53. The van der Waals surface area contributed by atoms with Gasteiger partial charge in [0.1, 0.15) is 11.5 Å². The predicted octanol–water partition coefficient (Wildman–Crippen LogP) is 2.71. The summed E-state index contributed by atoms with van der Waals surface area (Å²) < 4.78 is 6.77. The van der Waals surface area contributed by atoms with Crippen LogP contribution in [0.1, 0.15) is 5.56 Å². The molecule has 134 valence electrons. The van der Waals surface area contributed by atoms with E-state index in [0.717, 1.165) is 5.56 Å². The zero-order chi connectivity index (χ0) is 18.6. The average molecular weight is 381 g/mol. The van der Waals surface area contributed by atoms with E-state index in [0.29, 0.717) is 33.7 Å². The summed E-state index contributed by atoms with van der Waals surface area (Å²) in [4.78, 5) is 16.8. The molecule has 0 fully saturated rings. The van der Waals surface area contributed by atoms with Gasteiger partial charge in [-0.1, -0.05) is 17.7 Å². The number of hydrogen-bond donors (Lipinski definition) is 1. The maximum absolute atomic E-state index is 5.86. The lowest BCUT2D eigenvalue weighted by atomic mass is 10.3. The third-order valence-corrected chi connectivity index (χ3v) is 3.84. The molecule has 0 bridgehead atoms. The number of halogens is 1. The number of anilines is 1.